The van der Waals surface area contributed by atoms with E-state index in [9.17, 15) is 13.2 Å². The topological polar surface area (TPSA) is 33.1 Å². The molecule has 0 radical (unpaired) electrons. The summed E-state index contributed by atoms with van der Waals surface area (Å²) in [6.07, 6.45) is -4.41. The van der Waals surface area contributed by atoms with Crippen molar-refractivity contribution in [1.29, 1.82) is 0 Å². The first kappa shape index (κ1) is 13.2. The third-order valence-corrected chi connectivity index (χ3v) is 4.51. The molecule has 1 aliphatic carbocycles. The number of hydrogen-bond donors (Lipinski definition) is 1. The zero-order valence-electron chi connectivity index (χ0n) is 8.91. The van der Waals surface area contributed by atoms with Crippen molar-refractivity contribution < 1.29 is 18.3 Å². The predicted molar refractivity (Wildman–Crippen MR) is 62.3 cm³/mol. The molecular weight excluding hydrogens is 271 g/mol. The molecule has 0 aromatic carbocycles. The lowest BCUT2D eigenvalue weighted by molar-refractivity contribution is -0.195. The maximum Gasteiger partial charge on any atom is 0.415 e. The normalized spacial score (nSPS) is 18.4. The molecule has 1 atom stereocenters. The Kier molecular flexibility index (Phi) is 3.99. The molecule has 7 heteroatoms. The highest BCUT2D eigenvalue weighted by atomic mass is 32.2. The fourth-order valence-electron chi connectivity index (χ4n) is 1.28. The summed E-state index contributed by atoms with van der Waals surface area (Å²) in [7, 11) is 0. The minimum absolute atomic E-state index is 0.334. The molecule has 0 aliphatic heterocycles. The first-order valence-corrected chi connectivity index (χ1v) is 7.27. The number of aliphatic hydroxyl groups is 1. The molecular formula is C10H12F3NOS2. The van der Waals surface area contributed by atoms with Gasteiger partial charge in [-0.3, -0.25) is 0 Å². The predicted octanol–water partition coefficient (Wildman–Crippen LogP) is 3.18. The molecule has 0 spiro atoms. The number of alkyl halides is 3. The van der Waals surface area contributed by atoms with Crippen molar-refractivity contribution in [2.24, 2.45) is 0 Å². The van der Waals surface area contributed by atoms with Gasteiger partial charge in [0.1, 0.15) is 0 Å². The molecule has 1 aromatic heterocycles. The van der Waals surface area contributed by atoms with E-state index in [0.717, 1.165) is 22.5 Å². The van der Waals surface area contributed by atoms with E-state index in [1.54, 1.807) is 11.3 Å². The van der Waals surface area contributed by atoms with Crippen LogP contribution in [0.3, 0.4) is 0 Å². The minimum Gasteiger partial charge on any atom is -0.383 e. The number of halogens is 3. The molecule has 2 nitrogen and oxygen atoms in total. The van der Waals surface area contributed by atoms with Crippen LogP contribution in [0.25, 0.3) is 0 Å². The molecule has 1 fully saturated rings. The molecule has 0 bridgehead atoms. The lowest BCUT2D eigenvalue weighted by atomic mass is 10.4. The van der Waals surface area contributed by atoms with E-state index in [1.807, 2.05) is 5.38 Å². The van der Waals surface area contributed by atoms with E-state index in [-0.39, 0.29) is 5.75 Å². The van der Waals surface area contributed by atoms with Crippen LogP contribution in [0.5, 0.6) is 0 Å². The Labute approximate surface area is 105 Å². The van der Waals surface area contributed by atoms with Crippen molar-refractivity contribution in [1.82, 2.24) is 4.98 Å². The van der Waals surface area contributed by atoms with E-state index in [1.165, 1.54) is 12.8 Å². The monoisotopic (exact) mass is 283 g/mol. The number of hydrogen-bond acceptors (Lipinski definition) is 4. The van der Waals surface area contributed by atoms with Gasteiger partial charge in [0.15, 0.2) is 6.10 Å². The van der Waals surface area contributed by atoms with Gasteiger partial charge in [-0.2, -0.15) is 24.9 Å². The summed E-state index contributed by atoms with van der Waals surface area (Å²) < 4.78 is 36.0. The van der Waals surface area contributed by atoms with Gasteiger partial charge in [-0.25, -0.2) is 4.98 Å². The summed E-state index contributed by atoms with van der Waals surface area (Å²) in [5, 5.41) is 11.8. The van der Waals surface area contributed by atoms with Gasteiger partial charge in [0.25, 0.3) is 0 Å². The Bertz CT molecular complexity index is 376. The zero-order chi connectivity index (χ0) is 12.5. The molecule has 1 aromatic rings. The van der Waals surface area contributed by atoms with E-state index in [2.05, 4.69) is 4.98 Å². The van der Waals surface area contributed by atoms with Gasteiger partial charge < -0.3 is 5.11 Å². The molecule has 1 heterocycles. The lowest BCUT2D eigenvalue weighted by Crippen LogP contribution is -2.30. The largest absolute Gasteiger partial charge is 0.415 e. The second-order valence-electron chi connectivity index (χ2n) is 4.02. The van der Waals surface area contributed by atoms with Gasteiger partial charge in [0.2, 0.25) is 0 Å². The van der Waals surface area contributed by atoms with Crippen LogP contribution in [0.2, 0.25) is 0 Å². The lowest BCUT2D eigenvalue weighted by Gasteiger charge is -2.13. The molecule has 1 saturated carbocycles. The molecule has 0 amide bonds. The van der Waals surface area contributed by atoms with Crippen molar-refractivity contribution in [3.05, 3.63) is 16.1 Å². The highest BCUT2D eigenvalue weighted by Gasteiger charge is 2.37. The van der Waals surface area contributed by atoms with Gasteiger partial charge in [-0.1, -0.05) is 0 Å². The van der Waals surface area contributed by atoms with Gasteiger partial charge in [-0.15, -0.1) is 11.3 Å². The van der Waals surface area contributed by atoms with Crippen LogP contribution in [0.4, 0.5) is 13.2 Å². The van der Waals surface area contributed by atoms with E-state index < -0.39 is 12.3 Å². The van der Waals surface area contributed by atoms with Crippen molar-refractivity contribution in [2.75, 3.05) is 5.75 Å². The molecule has 96 valence electrons. The van der Waals surface area contributed by atoms with Gasteiger partial charge >= 0.3 is 6.18 Å². The van der Waals surface area contributed by atoms with E-state index in [0.29, 0.717) is 11.7 Å². The number of thiazole rings is 1. The third kappa shape index (κ3) is 3.86. The van der Waals surface area contributed by atoms with Crippen LogP contribution >= 0.6 is 23.1 Å². The summed E-state index contributed by atoms with van der Waals surface area (Å²) in [4.78, 5) is 4.37. The maximum atomic E-state index is 12.0. The number of aromatic nitrogens is 1. The fraction of sp³-hybridized carbons (Fsp3) is 0.700. The second-order valence-corrected chi connectivity index (χ2v) is 5.94. The Morgan fingerprint density at radius 3 is 2.82 bits per heavy atom. The molecule has 1 aliphatic rings. The summed E-state index contributed by atoms with van der Waals surface area (Å²) >= 11 is 2.64. The average Bonchev–Trinajstić information content (AvgIpc) is 2.98. The number of thioether (sulfide) groups is 1. The molecule has 1 N–H and O–H groups in total. The maximum absolute atomic E-state index is 12.0. The summed E-state index contributed by atoms with van der Waals surface area (Å²) in [5.41, 5.74) is 0.816. The van der Waals surface area contributed by atoms with Crippen molar-refractivity contribution in [3.8, 4) is 0 Å². The number of rotatable bonds is 5. The quantitative estimate of drug-likeness (QED) is 0.901. The molecule has 2 rings (SSSR count). The Hall–Kier alpha value is -0.270. The van der Waals surface area contributed by atoms with Gasteiger partial charge in [0.05, 0.1) is 10.7 Å². The van der Waals surface area contributed by atoms with Crippen LogP contribution < -0.4 is 0 Å². The second kappa shape index (κ2) is 5.16. The molecule has 0 unspecified atom stereocenters. The molecule has 0 saturated heterocycles. The third-order valence-electron chi connectivity index (χ3n) is 2.40. The summed E-state index contributed by atoms with van der Waals surface area (Å²) in [5.74, 6) is 0.676. The molecule has 17 heavy (non-hydrogen) atoms. The van der Waals surface area contributed by atoms with Crippen LogP contribution in [0.15, 0.2) is 5.38 Å². The van der Waals surface area contributed by atoms with Crippen LogP contribution in [-0.2, 0) is 5.75 Å². The van der Waals surface area contributed by atoms with Crippen molar-refractivity contribution >= 4 is 23.1 Å². The van der Waals surface area contributed by atoms with Crippen LogP contribution in [-0.4, -0.2) is 28.1 Å². The number of nitrogens with zero attached hydrogens (tertiary/aromatic N) is 1. The number of aliphatic hydroxyl groups excluding tert-OH is 1. The van der Waals surface area contributed by atoms with Crippen LogP contribution in [0.1, 0.15) is 29.5 Å². The highest BCUT2D eigenvalue weighted by Crippen LogP contribution is 2.41. The van der Waals surface area contributed by atoms with Gasteiger partial charge in [-0.05, 0) is 12.8 Å². The van der Waals surface area contributed by atoms with Crippen molar-refractivity contribution in [3.63, 3.8) is 0 Å². The summed E-state index contributed by atoms with van der Waals surface area (Å²) in [6, 6.07) is 0. The first-order valence-electron chi connectivity index (χ1n) is 5.23. The van der Waals surface area contributed by atoms with E-state index in [4.69, 9.17) is 5.11 Å². The SMILES string of the molecule is O[C@H](CSCc1csc(C2CC2)n1)C(F)(F)F. The first-order chi connectivity index (χ1) is 7.97. The Morgan fingerprint density at radius 1 is 1.53 bits per heavy atom. The van der Waals surface area contributed by atoms with Crippen molar-refractivity contribution in [2.45, 2.75) is 36.8 Å². The minimum atomic E-state index is -4.52. The van der Waals surface area contributed by atoms with Gasteiger partial charge in [0, 0.05) is 22.8 Å². The smallest absolute Gasteiger partial charge is 0.383 e. The van der Waals surface area contributed by atoms with E-state index >= 15 is 0 Å². The zero-order valence-corrected chi connectivity index (χ0v) is 10.5. The standard InChI is InChI=1S/C10H12F3NOS2/c11-10(12,13)8(15)5-16-3-7-4-17-9(14-7)6-1-2-6/h4,6,8,15H,1-3,5H2/t8-/m1/s1. The highest BCUT2D eigenvalue weighted by molar-refractivity contribution is 7.98. The summed E-state index contributed by atoms with van der Waals surface area (Å²) in [6.45, 7) is 0. The Morgan fingerprint density at radius 2 is 2.24 bits per heavy atom. The average molecular weight is 283 g/mol. The Balaban J connectivity index is 1.74. The van der Waals surface area contributed by atoms with Crippen LogP contribution in [0, 0.1) is 0 Å². The fourth-order valence-corrected chi connectivity index (χ4v) is 3.26.